The van der Waals surface area contributed by atoms with Crippen molar-refractivity contribution in [1.29, 1.82) is 0 Å². The van der Waals surface area contributed by atoms with Crippen LogP contribution in [-0.2, 0) is 6.42 Å². The van der Waals surface area contributed by atoms with Crippen molar-refractivity contribution >= 4 is 39.5 Å². The lowest BCUT2D eigenvalue weighted by atomic mass is 10.1. The molecule has 0 aliphatic rings. The fraction of sp³-hybridized carbons (Fsp3) is 0.0625. The number of halogens is 3. The van der Waals surface area contributed by atoms with Crippen LogP contribution in [0.4, 0.5) is 4.39 Å². The molecule has 0 saturated carbocycles. The van der Waals surface area contributed by atoms with Gasteiger partial charge in [0.05, 0.1) is 5.02 Å². The second-order valence-corrected chi connectivity index (χ2v) is 6.95. The molecular weight excluding hydrogens is 370 g/mol. The first kappa shape index (κ1) is 15.5. The Balaban J connectivity index is 1.70. The molecule has 4 rings (SSSR count). The van der Waals surface area contributed by atoms with E-state index < -0.39 is 5.82 Å². The van der Waals surface area contributed by atoms with Gasteiger partial charge < -0.3 is 0 Å². The number of hydrogen-bond acceptors (Lipinski definition) is 4. The van der Waals surface area contributed by atoms with Crippen LogP contribution in [0.2, 0.25) is 10.0 Å². The lowest BCUT2D eigenvalue weighted by Gasteiger charge is -1.99. The highest BCUT2D eigenvalue weighted by Crippen LogP contribution is 2.29. The van der Waals surface area contributed by atoms with Crippen LogP contribution in [-0.4, -0.2) is 19.8 Å². The molecule has 0 amide bonds. The average Bonchev–Trinajstić information content (AvgIpc) is 3.14. The molecular formula is C16H9Cl2FN4S. The summed E-state index contributed by atoms with van der Waals surface area (Å²) in [5, 5.41) is 14.3. The summed E-state index contributed by atoms with van der Waals surface area (Å²) in [6.07, 6.45) is 0.589. The largest absolute Gasteiger partial charge is 0.234 e. The second kappa shape index (κ2) is 6.12. The first-order valence-electron chi connectivity index (χ1n) is 7.01. The molecule has 0 atom stereocenters. The Hall–Kier alpha value is -2.02. The Morgan fingerprint density at radius 1 is 1.04 bits per heavy atom. The molecule has 0 bridgehead atoms. The maximum Gasteiger partial charge on any atom is 0.234 e. The van der Waals surface area contributed by atoms with Gasteiger partial charge in [0, 0.05) is 17.0 Å². The van der Waals surface area contributed by atoms with Crippen LogP contribution in [0.15, 0.2) is 42.5 Å². The number of benzene rings is 2. The first-order chi connectivity index (χ1) is 11.6. The van der Waals surface area contributed by atoms with Gasteiger partial charge in [0.25, 0.3) is 0 Å². The number of rotatable bonds is 3. The van der Waals surface area contributed by atoms with E-state index in [1.807, 2.05) is 24.3 Å². The molecule has 0 saturated heterocycles. The molecule has 24 heavy (non-hydrogen) atoms. The summed E-state index contributed by atoms with van der Waals surface area (Å²) in [6.45, 7) is 0. The number of fused-ring (bicyclic) bond motifs is 1. The summed E-state index contributed by atoms with van der Waals surface area (Å²) in [7, 11) is 0. The highest BCUT2D eigenvalue weighted by molar-refractivity contribution is 7.19. The normalized spacial score (nSPS) is 11.3. The monoisotopic (exact) mass is 378 g/mol. The van der Waals surface area contributed by atoms with Crippen molar-refractivity contribution in [1.82, 2.24) is 19.8 Å². The summed E-state index contributed by atoms with van der Waals surface area (Å²) in [5.41, 5.74) is 1.81. The molecule has 0 spiro atoms. The Morgan fingerprint density at radius 2 is 1.83 bits per heavy atom. The van der Waals surface area contributed by atoms with Crippen LogP contribution in [0.5, 0.6) is 0 Å². The number of aromatic nitrogens is 4. The maximum absolute atomic E-state index is 13.3. The van der Waals surface area contributed by atoms with Crippen LogP contribution < -0.4 is 0 Å². The molecule has 0 aliphatic heterocycles. The smallest absolute Gasteiger partial charge is 0.205 e. The molecule has 8 heteroatoms. The molecule has 0 unspecified atom stereocenters. The third-order valence-corrected chi connectivity index (χ3v) is 4.99. The van der Waals surface area contributed by atoms with Gasteiger partial charge in [-0.05, 0) is 35.9 Å². The zero-order valence-electron chi connectivity index (χ0n) is 12.1. The van der Waals surface area contributed by atoms with Crippen molar-refractivity contribution in [3.8, 4) is 10.6 Å². The zero-order chi connectivity index (χ0) is 16.7. The molecule has 4 nitrogen and oxygen atoms in total. The highest BCUT2D eigenvalue weighted by atomic mass is 35.5. The van der Waals surface area contributed by atoms with Crippen molar-refractivity contribution in [2.24, 2.45) is 0 Å². The van der Waals surface area contributed by atoms with E-state index in [9.17, 15) is 4.39 Å². The van der Waals surface area contributed by atoms with Crippen molar-refractivity contribution < 1.29 is 4.39 Å². The zero-order valence-corrected chi connectivity index (χ0v) is 14.4. The predicted molar refractivity (Wildman–Crippen MR) is 93.3 cm³/mol. The topological polar surface area (TPSA) is 43.1 Å². The van der Waals surface area contributed by atoms with Gasteiger partial charge in [-0.2, -0.15) is 9.61 Å². The quantitative estimate of drug-likeness (QED) is 0.509. The van der Waals surface area contributed by atoms with Crippen LogP contribution in [0, 0.1) is 5.82 Å². The highest BCUT2D eigenvalue weighted by Gasteiger charge is 2.14. The molecule has 0 N–H and O–H groups in total. The lowest BCUT2D eigenvalue weighted by molar-refractivity contribution is 0.628. The number of hydrogen-bond donors (Lipinski definition) is 0. The summed E-state index contributed by atoms with van der Waals surface area (Å²) < 4.78 is 15.0. The summed E-state index contributed by atoms with van der Waals surface area (Å²) in [6, 6.07) is 12.1. The minimum Gasteiger partial charge on any atom is -0.205 e. The van der Waals surface area contributed by atoms with Crippen LogP contribution in [0.1, 0.15) is 11.4 Å². The van der Waals surface area contributed by atoms with E-state index in [1.165, 1.54) is 17.4 Å². The molecule has 4 aromatic rings. The Bertz CT molecular complexity index is 1030. The van der Waals surface area contributed by atoms with Crippen LogP contribution >= 0.6 is 34.5 Å². The SMILES string of the molecule is Fc1ccc(-c2nn3c(Cc4ccc(Cl)cc4)nnc3s2)cc1Cl. The second-order valence-electron chi connectivity index (χ2n) is 5.15. The van der Waals surface area contributed by atoms with E-state index in [0.29, 0.717) is 21.4 Å². The minimum absolute atomic E-state index is 0.0693. The van der Waals surface area contributed by atoms with Gasteiger partial charge >= 0.3 is 0 Å². The average molecular weight is 379 g/mol. The Morgan fingerprint density at radius 3 is 2.58 bits per heavy atom. The van der Waals surface area contributed by atoms with E-state index in [2.05, 4.69) is 15.3 Å². The van der Waals surface area contributed by atoms with Gasteiger partial charge in [-0.15, -0.1) is 10.2 Å². The molecule has 2 aromatic heterocycles. The molecule has 120 valence electrons. The molecule has 0 radical (unpaired) electrons. The van der Waals surface area contributed by atoms with Gasteiger partial charge in [-0.3, -0.25) is 0 Å². The van der Waals surface area contributed by atoms with E-state index in [-0.39, 0.29) is 5.02 Å². The minimum atomic E-state index is -0.452. The van der Waals surface area contributed by atoms with E-state index in [4.69, 9.17) is 23.2 Å². The van der Waals surface area contributed by atoms with Crippen LogP contribution in [0.25, 0.3) is 15.5 Å². The Kier molecular flexibility index (Phi) is 3.96. The third-order valence-electron chi connectivity index (χ3n) is 3.50. The maximum atomic E-state index is 13.3. The third kappa shape index (κ3) is 2.88. The standard InChI is InChI=1S/C16H9Cl2FN4S/c17-11-4-1-9(2-5-11)7-14-20-21-16-23(14)22-15(24-16)10-3-6-13(19)12(18)8-10/h1-6,8H,7H2. The van der Waals surface area contributed by atoms with Crippen LogP contribution in [0.3, 0.4) is 0 Å². The summed E-state index contributed by atoms with van der Waals surface area (Å²) in [4.78, 5) is 0.675. The fourth-order valence-corrected chi connectivity index (χ4v) is 3.46. The van der Waals surface area contributed by atoms with Gasteiger partial charge in [0.2, 0.25) is 4.96 Å². The van der Waals surface area contributed by atoms with E-state index in [0.717, 1.165) is 17.0 Å². The van der Waals surface area contributed by atoms with E-state index in [1.54, 1.807) is 16.6 Å². The Labute approximate surface area is 150 Å². The van der Waals surface area contributed by atoms with Crippen molar-refractivity contribution in [2.45, 2.75) is 6.42 Å². The first-order valence-corrected chi connectivity index (χ1v) is 8.58. The van der Waals surface area contributed by atoms with E-state index >= 15 is 0 Å². The van der Waals surface area contributed by atoms with Crippen molar-refractivity contribution in [3.05, 3.63) is 69.7 Å². The molecule has 2 aromatic carbocycles. The van der Waals surface area contributed by atoms with Crippen molar-refractivity contribution in [3.63, 3.8) is 0 Å². The van der Waals surface area contributed by atoms with Gasteiger partial charge in [-0.25, -0.2) is 4.39 Å². The van der Waals surface area contributed by atoms with Crippen molar-refractivity contribution in [2.75, 3.05) is 0 Å². The summed E-state index contributed by atoms with van der Waals surface area (Å²) in [5.74, 6) is 0.273. The predicted octanol–water partition coefficient (Wildman–Crippen LogP) is 4.89. The van der Waals surface area contributed by atoms with Gasteiger partial charge in [0.15, 0.2) is 5.82 Å². The lowest BCUT2D eigenvalue weighted by Crippen LogP contribution is -1.97. The fourth-order valence-electron chi connectivity index (χ4n) is 2.30. The summed E-state index contributed by atoms with van der Waals surface area (Å²) >= 11 is 13.1. The molecule has 0 aliphatic carbocycles. The molecule has 2 heterocycles. The molecule has 0 fully saturated rings. The number of nitrogens with zero attached hydrogens (tertiary/aromatic N) is 4. The van der Waals surface area contributed by atoms with Gasteiger partial charge in [0.1, 0.15) is 10.8 Å². The van der Waals surface area contributed by atoms with Gasteiger partial charge in [-0.1, -0.05) is 46.7 Å².